The van der Waals surface area contributed by atoms with Gasteiger partial charge in [-0.3, -0.25) is 9.59 Å². The highest BCUT2D eigenvalue weighted by Crippen LogP contribution is 2.23. The van der Waals surface area contributed by atoms with E-state index >= 15 is 0 Å². The fourth-order valence-electron chi connectivity index (χ4n) is 4.03. The second-order valence-corrected chi connectivity index (χ2v) is 7.70. The molecule has 0 radical (unpaired) electrons. The first-order valence-corrected chi connectivity index (χ1v) is 9.74. The Bertz CT molecular complexity index is 587. The van der Waals surface area contributed by atoms with Crippen molar-refractivity contribution in [1.29, 1.82) is 0 Å². The Morgan fingerprint density at radius 3 is 2.48 bits per heavy atom. The molecule has 2 amide bonds. The van der Waals surface area contributed by atoms with Gasteiger partial charge in [-0.25, -0.2) is 0 Å². The van der Waals surface area contributed by atoms with Crippen molar-refractivity contribution < 1.29 is 9.59 Å². The van der Waals surface area contributed by atoms with Crippen LogP contribution in [-0.2, 0) is 16.0 Å². The maximum absolute atomic E-state index is 12.9. The fraction of sp³-hybridized carbons (Fsp3) is 0.619. The summed E-state index contributed by atoms with van der Waals surface area (Å²) in [6.07, 6.45) is 5.71. The molecule has 2 fully saturated rings. The zero-order valence-corrected chi connectivity index (χ0v) is 15.3. The first-order chi connectivity index (χ1) is 12.1. The van der Waals surface area contributed by atoms with Crippen molar-refractivity contribution in [1.82, 2.24) is 9.80 Å². The first-order valence-electron chi connectivity index (χ1n) is 9.74. The van der Waals surface area contributed by atoms with Crippen LogP contribution in [0.2, 0.25) is 0 Å². The minimum atomic E-state index is -0.0121. The lowest BCUT2D eigenvalue weighted by atomic mass is 9.95. The van der Waals surface area contributed by atoms with E-state index < -0.39 is 0 Å². The Balaban J connectivity index is 1.56. The van der Waals surface area contributed by atoms with E-state index in [0.717, 1.165) is 50.9 Å². The third-order valence-electron chi connectivity index (χ3n) is 5.65. The third kappa shape index (κ3) is 4.83. The standard InChI is InChI=1S/C21H30N2O2/c1-17-7-5-12-22(14-11-17)21(25)19-10-6-13-23(16-19)20(24)15-18-8-3-2-4-9-18/h2-4,8-9,17,19H,5-7,10-16H2,1H3. The predicted molar refractivity (Wildman–Crippen MR) is 99.0 cm³/mol. The molecule has 2 heterocycles. The topological polar surface area (TPSA) is 40.6 Å². The highest BCUT2D eigenvalue weighted by Gasteiger charge is 2.31. The Kier molecular flexibility index (Phi) is 6.11. The number of likely N-dealkylation sites (tertiary alicyclic amines) is 2. The lowest BCUT2D eigenvalue weighted by Crippen LogP contribution is -2.47. The number of carbonyl (C=O) groups excluding carboxylic acids is 2. The van der Waals surface area contributed by atoms with Crippen LogP contribution in [0.4, 0.5) is 0 Å². The van der Waals surface area contributed by atoms with E-state index in [1.165, 1.54) is 6.42 Å². The van der Waals surface area contributed by atoms with Crippen LogP contribution in [0.15, 0.2) is 30.3 Å². The Labute approximate surface area is 151 Å². The van der Waals surface area contributed by atoms with Gasteiger partial charge in [0, 0.05) is 26.2 Å². The number of hydrogen-bond acceptors (Lipinski definition) is 2. The Hall–Kier alpha value is -1.84. The molecular formula is C21H30N2O2. The largest absolute Gasteiger partial charge is 0.342 e. The van der Waals surface area contributed by atoms with Gasteiger partial charge in [-0.2, -0.15) is 0 Å². The van der Waals surface area contributed by atoms with E-state index in [2.05, 4.69) is 11.8 Å². The predicted octanol–water partition coefficient (Wildman–Crippen LogP) is 3.12. The summed E-state index contributed by atoms with van der Waals surface area (Å²) in [5.41, 5.74) is 1.04. The number of rotatable bonds is 3. The van der Waals surface area contributed by atoms with E-state index in [-0.39, 0.29) is 17.7 Å². The maximum atomic E-state index is 12.9. The van der Waals surface area contributed by atoms with Gasteiger partial charge in [-0.05, 0) is 43.6 Å². The fourth-order valence-corrected chi connectivity index (χ4v) is 4.03. The summed E-state index contributed by atoms with van der Waals surface area (Å²) < 4.78 is 0. The van der Waals surface area contributed by atoms with E-state index in [1.54, 1.807) is 0 Å². The molecule has 25 heavy (non-hydrogen) atoms. The van der Waals surface area contributed by atoms with Crippen LogP contribution in [0.1, 0.15) is 44.6 Å². The SMILES string of the molecule is CC1CCCN(C(=O)C2CCCN(C(=O)Cc3ccccc3)C2)CC1. The molecule has 1 aromatic carbocycles. The van der Waals surface area contributed by atoms with E-state index in [1.807, 2.05) is 35.2 Å². The zero-order valence-electron chi connectivity index (χ0n) is 15.3. The van der Waals surface area contributed by atoms with Crippen LogP contribution < -0.4 is 0 Å². The minimum Gasteiger partial charge on any atom is -0.342 e. The first kappa shape index (κ1) is 18.0. The molecule has 2 saturated heterocycles. The van der Waals surface area contributed by atoms with Gasteiger partial charge >= 0.3 is 0 Å². The molecule has 0 spiro atoms. The molecule has 3 rings (SSSR count). The van der Waals surface area contributed by atoms with Crippen LogP contribution in [0.5, 0.6) is 0 Å². The van der Waals surface area contributed by atoms with Crippen molar-refractivity contribution in [3.63, 3.8) is 0 Å². The molecule has 0 aromatic heterocycles. The summed E-state index contributed by atoms with van der Waals surface area (Å²) >= 11 is 0. The van der Waals surface area contributed by atoms with Crippen LogP contribution >= 0.6 is 0 Å². The molecule has 0 bridgehead atoms. The van der Waals surface area contributed by atoms with Gasteiger partial charge < -0.3 is 9.80 Å². The van der Waals surface area contributed by atoms with Crippen molar-refractivity contribution in [2.75, 3.05) is 26.2 Å². The summed E-state index contributed by atoms with van der Waals surface area (Å²) in [7, 11) is 0. The molecule has 2 aliphatic rings. The van der Waals surface area contributed by atoms with Crippen molar-refractivity contribution >= 4 is 11.8 Å². The van der Waals surface area contributed by atoms with Crippen LogP contribution in [-0.4, -0.2) is 47.8 Å². The molecule has 2 atom stereocenters. The molecule has 0 N–H and O–H groups in total. The minimum absolute atomic E-state index is 0.0121. The number of nitrogens with zero attached hydrogens (tertiary/aromatic N) is 2. The molecule has 136 valence electrons. The molecule has 2 unspecified atom stereocenters. The molecule has 2 aliphatic heterocycles. The maximum Gasteiger partial charge on any atom is 0.227 e. The van der Waals surface area contributed by atoms with Crippen molar-refractivity contribution in [3.8, 4) is 0 Å². The lowest BCUT2D eigenvalue weighted by molar-refractivity contribution is -0.140. The third-order valence-corrected chi connectivity index (χ3v) is 5.65. The van der Waals surface area contributed by atoms with Crippen LogP contribution in [0.3, 0.4) is 0 Å². The van der Waals surface area contributed by atoms with Gasteiger partial charge in [0.15, 0.2) is 0 Å². The lowest BCUT2D eigenvalue weighted by Gasteiger charge is -2.35. The van der Waals surface area contributed by atoms with E-state index in [9.17, 15) is 9.59 Å². The second-order valence-electron chi connectivity index (χ2n) is 7.70. The quantitative estimate of drug-likeness (QED) is 0.847. The number of amides is 2. The van der Waals surface area contributed by atoms with Crippen LogP contribution in [0, 0.1) is 11.8 Å². The van der Waals surface area contributed by atoms with Gasteiger partial charge in [0.05, 0.1) is 12.3 Å². The van der Waals surface area contributed by atoms with Crippen molar-refractivity contribution in [2.24, 2.45) is 11.8 Å². The number of piperidine rings is 1. The smallest absolute Gasteiger partial charge is 0.227 e. The van der Waals surface area contributed by atoms with Gasteiger partial charge in [0.2, 0.25) is 11.8 Å². The average Bonchev–Trinajstić information content (AvgIpc) is 2.86. The summed E-state index contributed by atoms with van der Waals surface area (Å²) in [6.45, 7) is 5.42. The van der Waals surface area contributed by atoms with Crippen LogP contribution in [0.25, 0.3) is 0 Å². The van der Waals surface area contributed by atoms with Crippen molar-refractivity contribution in [3.05, 3.63) is 35.9 Å². The average molecular weight is 342 g/mol. The zero-order chi connectivity index (χ0) is 17.6. The summed E-state index contributed by atoms with van der Waals surface area (Å²) in [5, 5.41) is 0. The van der Waals surface area contributed by atoms with E-state index in [4.69, 9.17) is 0 Å². The highest BCUT2D eigenvalue weighted by atomic mass is 16.2. The van der Waals surface area contributed by atoms with Gasteiger partial charge in [0.1, 0.15) is 0 Å². The van der Waals surface area contributed by atoms with Crippen molar-refractivity contribution in [2.45, 2.75) is 45.4 Å². The number of hydrogen-bond donors (Lipinski definition) is 0. The molecule has 4 nitrogen and oxygen atoms in total. The number of carbonyl (C=O) groups is 2. The monoisotopic (exact) mass is 342 g/mol. The number of benzene rings is 1. The highest BCUT2D eigenvalue weighted by molar-refractivity contribution is 5.82. The Morgan fingerprint density at radius 1 is 0.960 bits per heavy atom. The van der Waals surface area contributed by atoms with E-state index in [0.29, 0.717) is 18.9 Å². The normalized spacial score (nSPS) is 24.7. The molecular weight excluding hydrogens is 312 g/mol. The molecule has 0 saturated carbocycles. The summed E-state index contributed by atoms with van der Waals surface area (Å²) in [4.78, 5) is 29.5. The summed E-state index contributed by atoms with van der Waals surface area (Å²) in [5.74, 6) is 1.12. The molecule has 0 aliphatic carbocycles. The van der Waals surface area contributed by atoms with Gasteiger partial charge in [-0.15, -0.1) is 0 Å². The van der Waals surface area contributed by atoms with Gasteiger partial charge in [-0.1, -0.05) is 37.3 Å². The van der Waals surface area contributed by atoms with Gasteiger partial charge in [0.25, 0.3) is 0 Å². The second kappa shape index (κ2) is 8.50. The molecule has 1 aromatic rings. The Morgan fingerprint density at radius 2 is 1.68 bits per heavy atom. The molecule has 4 heteroatoms. The summed E-state index contributed by atoms with van der Waals surface area (Å²) in [6, 6.07) is 9.87.